The lowest BCUT2D eigenvalue weighted by Crippen LogP contribution is -2.31. The highest BCUT2D eigenvalue weighted by atomic mass is 16.7. The van der Waals surface area contributed by atoms with E-state index < -0.39 is 6.10 Å². The topological polar surface area (TPSA) is 38.3 Å². The largest absolute Gasteiger partial charge is 0.291 e. The molecule has 0 heterocycles. The van der Waals surface area contributed by atoms with Gasteiger partial charge >= 0.3 is 0 Å². The lowest BCUT2D eigenvalue weighted by Gasteiger charge is -2.23. The second-order valence-corrected chi connectivity index (χ2v) is 4.63. The molecular formula is C16H15NO2. The van der Waals surface area contributed by atoms with Gasteiger partial charge in [0.15, 0.2) is 5.78 Å². The average molecular weight is 253 g/mol. The Hall–Kier alpha value is -2.13. The summed E-state index contributed by atoms with van der Waals surface area (Å²) in [7, 11) is 0. The third kappa shape index (κ3) is 2.51. The van der Waals surface area contributed by atoms with Gasteiger partial charge in [0.25, 0.3) is 0 Å². The number of carbonyl (C=O) groups is 1. The van der Waals surface area contributed by atoms with E-state index in [4.69, 9.17) is 4.84 Å². The summed E-state index contributed by atoms with van der Waals surface area (Å²) < 4.78 is 0. The van der Waals surface area contributed by atoms with Crippen LogP contribution in [0.15, 0.2) is 54.6 Å². The summed E-state index contributed by atoms with van der Waals surface area (Å²) in [6, 6.07) is 17.3. The van der Waals surface area contributed by atoms with Gasteiger partial charge in [-0.25, -0.2) is 0 Å². The van der Waals surface area contributed by atoms with E-state index >= 15 is 0 Å². The molecule has 0 spiro atoms. The van der Waals surface area contributed by atoms with Crippen molar-refractivity contribution in [1.29, 1.82) is 0 Å². The zero-order chi connectivity index (χ0) is 13.1. The molecule has 0 saturated heterocycles. The van der Waals surface area contributed by atoms with Crippen LogP contribution in [0, 0.1) is 0 Å². The zero-order valence-electron chi connectivity index (χ0n) is 10.5. The standard InChI is InChI=1S/C16H15NO2/c18-16-14-9-5-4-6-12(14)10-11-15(16)19-17-13-7-2-1-3-8-13/h1-9,15,17H,10-11H2. The number of nitrogens with one attached hydrogen (secondary N) is 1. The normalized spacial score (nSPS) is 17.9. The van der Waals surface area contributed by atoms with E-state index in [2.05, 4.69) is 5.48 Å². The summed E-state index contributed by atoms with van der Waals surface area (Å²) in [6.45, 7) is 0. The van der Waals surface area contributed by atoms with Gasteiger partial charge in [0.05, 0.1) is 5.69 Å². The Labute approximate surface area is 112 Å². The number of anilines is 1. The Morgan fingerprint density at radius 1 is 1.00 bits per heavy atom. The Bertz CT molecular complexity index is 580. The van der Waals surface area contributed by atoms with Crippen molar-refractivity contribution >= 4 is 11.5 Å². The SMILES string of the molecule is O=C1c2ccccc2CCC1ONc1ccccc1. The maximum absolute atomic E-state index is 12.3. The molecule has 0 saturated carbocycles. The van der Waals surface area contributed by atoms with E-state index in [1.54, 1.807) is 0 Å². The third-order valence-corrected chi connectivity index (χ3v) is 3.34. The molecule has 0 bridgehead atoms. The van der Waals surface area contributed by atoms with Gasteiger partial charge < -0.3 is 0 Å². The summed E-state index contributed by atoms with van der Waals surface area (Å²) in [5.41, 5.74) is 5.61. The predicted molar refractivity (Wildman–Crippen MR) is 74.0 cm³/mol. The molecule has 0 aliphatic heterocycles. The van der Waals surface area contributed by atoms with E-state index in [9.17, 15) is 4.79 Å². The van der Waals surface area contributed by atoms with E-state index in [1.165, 1.54) is 0 Å². The van der Waals surface area contributed by atoms with Gasteiger partial charge in [-0.05, 0) is 30.5 Å². The number of hydrogen-bond donors (Lipinski definition) is 1. The first-order chi connectivity index (χ1) is 9.34. The van der Waals surface area contributed by atoms with Gasteiger partial charge in [0.2, 0.25) is 0 Å². The van der Waals surface area contributed by atoms with Crippen LogP contribution in [0.3, 0.4) is 0 Å². The average Bonchev–Trinajstić information content (AvgIpc) is 2.48. The van der Waals surface area contributed by atoms with Gasteiger partial charge in [-0.15, -0.1) is 0 Å². The summed E-state index contributed by atoms with van der Waals surface area (Å²) in [5.74, 6) is 0.0604. The first-order valence-corrected chi connectivity index (χ1v) is 6.43. The maximum atomic E-state index is 12.3. The first kappa shape index (κ1) is 11.9. The van der Waals surface area contributed by atoms with Crippen molar-refractivity contribution in [2.45, 2.75) is 18.9 Å². The van der Waals surface area contributed by atoms with Crippen LogP contribution in [0.1, 0.15) is 22.3 Å². The smallest absolute Gasteiger partial charge is 0.194 e. The zero-order valence-corrected chi connectivity index (χ0v) is 10.5. The van der Waals surface area contributed by atoms with E-state index in [-0.39, 0.29) is 5.78 Å². The number of fused-ring (bicyclic) bond motifs is 1. The number of para-hydroxylation sites is 1. The minimum atomic E-state index is -0.407. The molecule has 3 heteroatoms. The van der Waals surface area contributed by atoms with Crippen LogP contribution in [0.2, 0.25) is 0 Å². The monoisotopic (exact) mass is 253 g/mol. The summed E-state index contributed by atoms with van der Waals surface area (Å²) in [6.07, 6.45) is 1.19. The number of aryl methyl sites for hydroxylation is 1. The Morgan fingerprint density at radius 3 is 2.58 bits per heavy atom. The van der Waals surface area contributed by atoms with Gasteiger partial charge in [0.1, 0.15) is 6.10 Å². The summed E-state index contributed by atoms with van der Waals surface area (Å²) in [4.78, 5) is 17.8. The highest BCUT2D eigenvalue weighted by molar-refractivity contribution is 6.01. The van der Waals surface area contributed by atoms with Gasteiger partial charge in [-0.3, -0.25) is 15.1 Å². The van der Waals surface area contributed by atoms with Crippen LogP contribution in [0.4, 0.5) is 5.69 Å². The fourth-order valence-corrected chi connectivity index (χ4v) is 2.33. The van der Waals surface area contributed by atoms with Crippen molar-refractivity contribution in [3.8, 4) is 0 Å². The van der Waals surface area contributed by atoms with Crippen molar-refractivity contribution in [3.05, 3.63) is 65.7 Å². The van der Waals surface area contributed by atoms with Crippen LogP contribution in [-0.2, 0) is 11.3 Å². The fourth-order valence-electron chi connectivity index (χ4n) is 2.33. The van der Waals surface area contributed by atoms with Crippen LogP contribution in [-0.4, -0.2) is 11.9 Å². The molecule has 3 nitrogen and oxygen atoms in total. The van der Waals surface area contributed by atoms with Crippen molar-refractivity contribution in [2.24, 2.45) is 0 Å². The van der Waals surface area contributed by atoms with Crippen molar-refractivity contribution in [2.75, 3.05) is 5.48 Å². The number of benzene rings is 2. The molecule has 0 radical (unpaired) electrons. The van der Waals surface area contributed by atoms with Gasteiger partial charge in [-0.1, -0.05) is 42.5 Å². The summed E-state index contributed by atoms with van der Waals surface area (Å²) >= 11 is 0. The van der Waals surface area contributed by atoms with Crippen LogP contribution < -0.4 is 5.48 Å². The molecule has 2 aromatic rings. The van der Waals surface area contributed by atoms with Crippen molar-refractivity contribution in [3.63, 3.8) is 0 Å². The van der Waals surface area contributed by atoms with Crippen LogP contribution in [0.25, 0.3) is 0 Å². The molecule has 0 aromatic heterocycles. The van der Waals surface area contributed by atoms with E-state index in [1.807, 2.05) is 54.6 Å². The minimum absolute atomic E-state index is 0.0604. The molecule has 1 unspecified atom stereocenters. The molecule has 19 heavy (non-hydrogen) atoms. The number of hydrogen-bond acceptors (Lipinski definition) is 3. The molecule has 2 aromatic carbocycles. The number of ketones is 1. The number of Topliss-reactive ketones (excluding diaryl/α,β-unsaturated/α-hetero) is 1. The molecule has 3 rings (SSSR count). The third-order valence-electron chi connectivity index (χ3n) is 3.34. The fraction of sp³-hybridized carbons (Fsp3) is 0.188. The Morgan fingerprint density at radius 2 is 1.74 bits per heavy atom. The molecule has 0 amide bonds. The quantitative estimate of drug-likeness (QED) is 0.853. The molecule has 1 atom stereocenters. The van der Waals surface area contributed by atoms with Crippen LogP contribution >= 0.6 is 0 Å². The molecule has 1 aliphatic carbocycles. The van der Waals surface area contributed by atoms with E-state index in [0.717, 1.165) is 29.7 Å². The Kier molecular flexibility index (Phi) is 3.29. The predicted octanol–water partition coefficient (Wildman–Crippen LogP) is 3.23. The minimum Gasteiger partial charge on any atom is -0.291 e. The maximum Gasteiger partial charge on any atom is 0.194 e. The molecule has 0 fully saturated rings. The second kappa shape index (κ2) is 5.24. The van der Waals surface area contributed by atoms with Crippen LogP contribution in [0.5, 0.6) is 0 Å². The van der Waals surface area contributed by atoms with Gasteiger partial charge in [0, 0.05) is 5.56 Å². The second-order valence-electron chi connectivity index (χ2n) is 4.63. The Balaban J connectivity index is 1.69. The lowest BCUT2D eigenvalue weighted by atomic mass is 9.89. The number of carbonyl (C=O) groups excluding carboxylic acids is 1. The molecular weight excluding hydrogens is 238 g/mol. The van der Waals surface area contributed by atoms with Crippen molar-refractivity contribution < 1.29 is 9.63 Å². The van der Waals surface area contributed by atoms with Crippen molar-refractivity contribution in [1.82, 2.24) is 0 Å². The highest BCUT2D eigenvalue weighted by Crippen LogP contribution is 2.23. The molecule has 96 valence electrons. The lowest BCUT2D eigenvalue weighted by molar-refractivity contribution is 0.0550. The highest BCUT2D eigenvalue weighted by Gasteiger charge is 2.28. The summed E-state index contributed by atoms with van der Waals surface area (Å²) in [5, 5.41) is 0. The first-order valence-electron chi connectivity index (χ1n) is 6.43. The van der Waals surface area contributed by atoms with Gasteiger partial charge in [-0.2, -0.15) is 0 Å². The van der Waals surface area contributed by atoms with E-state index in [0.29, 0.717) is 0 Å². The number of rotatable bonds is 3. The molecule has 1 aliphatic rings. The molecule has 1 N–H and O–H groups in total.